The second-order valence-corrected chi connectivity index (χ2v) is 21.7. The monoisotopic (exact) mass is 419 g/mol. The van der Waals surface area contributed by atoms with E-state index in [9.17, 15) is 4.79 Å². The van der Waals surface area contributed by atoms with Crippen LogP contribution < -0.4 is 5.32 Å². The third-order valence-electron chi connectivity index (χ3n) is 8.73. The molecule has 1 amide bonds. The summed E-state index contributed by atoms with van der Waals surface area (Å²) in [6, 6.07) is 10.8. The molecule has 0 radical (unpaired) electrons. The van der Waals surface area contributed by atoms with Crippen molar-refractivity contribution in [3.05, 3.63) is 35.9 Å². The summed E-state index contributed by atoms with van der Waals surface area (Å²) < 4.78 is 6.88. The van der Waals surface area contributed by atoms with Crippen molar-refractivity contribution in [1.82, 2.24) is 5.32 Å². The molecule has 1 aromatic carbocycles. The Morgan fingerprint density at radius 2 is 1.50 bits per heavy atom. The first kappa shape index (κ1) is 23.4. The van der Waals surface area contributed by atoms with E-state index >= 15 is 0 Å². The Morgan fingerprint density at radius 1 is 1.00 bits per heavy atom. The lowest BCUT2D eigenvalue weighted by Crippen LogP contribution is -2.63. The number of carbonyl (C=O) groups is 1. The highest BCUT2D eigenvalue weighted by Crippen LogP contribution is 2.59. The smallest absolute Gasteiger partial charge is 0.225 e. The molecular weight excluding hydrogens is 378 g/mol. The van der Waals surface area contributed by atoms with Crippen LogP contribution in [-0.2, 0) is 14.3 Å². The second-order valence-electron chi connectivity index (χ2n) is 11.4. The maximum Gasteiger partial charge on any atom is 0.225 e. The number of hydrogen-bond acceptors (Lipinski definition) is 2. The van der Waals surface area contributed by atoms with E-state index in [1.807, 2.05) is 0 Å². The summed E-state index contributed by atoms with van der Waals surface area (Å²) in [6.45, 7) is 25.3. The van der Waals surface area contributed by atoms with Gasteiger partial charge in [-0.25, -0.2) is 0 Å². The summed E-state index contributed by atoms with van der Waals surface area (Å²) in [4.78, 5) is 12.9. The lowest BCUT2D eigenvalue weighted by atomic mass is 9.96. The zero-order valence-electron chi connectivity index (χ0n) is 19.9. The van der Waals surface area contributed by atoms with Crippen molar-refractivity contribution in [2.75, 3.05) is 0 Å². The Labute approximate surface area is 174 Å². The molecule has 1 saturated heterocycles. The van der Waals surface area contributed by atoms with E-state index in [1.54, 1.807) is 0 Å². The minimum atomic E-state index is -2.08. The van der Waals surface area contributed by atoms with Gasteiger partial charge in [-0.05, 0) is 28.7 Å². The maximum atomic E-state index is 12.9. The Morgan fingerprint density at radius 3 is 1.96 bits per heavy atom. The minimum Gasteiger partial charge on any atom is -0.397 e. The molecule has 1 aromatic rings. The van der Waals surface area contributed by atoms with E-state index in [1.165, 1.54) is 5.56 Å². The Bertz CT molecular complexity index is 722. The molecule has 1 aliphatic rings. The lowest BCUT2D eigenvalue weighted by Gasteiger charge is -2.55. The number of rotatable bonds is 5. The number of benzene rings is 1. The van der Waals surface area contributed by atoms with E-state index in [-0.39, 0.29) is 33.2 Å². The molecule has 158 valence electrons. The fraction of sp³-hybridized carbons (Fsp3) is 0.696. The molecule has 0 aromatic heterocycles. The van der Waals surface area contributed by atoms with Crippen molar-refractivity contribution in [2.45, 2.75) is 96.0 Å². The molecule has 0 saturated carbocycles. The number of hydrogen-bond donors (Lipinski definition) is 1. The summed E-state index contributed by atoms with van der Waals surface area (Å²) in [6.07, 6.45) is -0.222. The highest BCUT2D eigenvalue weighted by Gasteiger charge is 2.64. The topological polar surface area (TPSA) is 38.3 Å². The molecule has 2 rings (SSSR count). The fourth-order valence-electron chi connectivity index (χ4n) is 4.28. The van der Waals surface area contributed by atoms with Crippen molar-refractivity contribution in [3.63, 3.8) is 0 Å². The summed E-state index contributed by atoms with van der Waals surface area (Å²) in [5.74, 6) is 0.0718. The summed E-state index contributed by atoms with van der Waals surface area (Å²) >= 11 is 0. The second kappa shape index (κ2) is 7.10. The van der Waals surface area contributed by atoms with Gasteiger partial charge in [0.2, 0.25) is 5.91 Å². The highest BCUT2D eigenvalue weighted by atomic mass is 28.4. The van der Waals surface area contributed by atoms with Crippen LogP contribution in [-0.4, -0.2) is 28.5 Å². The van der Waals surface area contributed by atoms with Crippen molar-refractivity contribution < 1.29 is 9.22 Å². The quantitative estimate of drug-likeness (QED) is 0.587. The highest BCUT2D eigenvalue weighted by molar-refractivity contribution is 6.83. The summed E-state index contributed by atoms with van der Waals surface area (Å²) in [7, 11) is -4.10. The van der Waals surface area contributed by atoms with Gasteiger partial charge in [-0.3, -0.25) is 4.79 Å². The van der Waals surface area contributed by atoms with Gasteiger partial charge in [-0.2, -0.15) is 0 Å². The van der Waals surface area contributed by atoms with Crippen LogP contribution in [0.1, 0.15) is 54.0 Å². The number of carbonyl (C=O) groups excluding carboxylic acids is 1. The molecule has 1 fully saturated rings. The van der Waals surface area contributed by atoms with E-state index in [0.717, 1.165) is 0 Å². The van der Waals surface area contributed by atoms with Crippen LogP contribution in [0.4, 0.5) is 0 Å². The van der Waals surface area contributed by atoms with Gasteiger partial charge in [0.1, 0.15) is 6.23 Å². The zero-order chi connectivity index (χ0) is 21.8. The lowest BCUT2D eigenvalue weighted by molar-refractivity contribution is -0.122. The molecule has 0 bridgehead atoms. The van der Waals surface area contributed by atoms with Crippen molar-refractivity contribution in [3.8, 4) is 0 Å². The zero-order valence-corrected chi connectivity index (χ0v) is 21.9. The first-order chi connectivity index (χ1) is 12.5. The predicted molar refractivity (Wildman–Crippen MR) is 125 cm³/mol. The van der Waals surface area contributed by atoms with Crippen LogP contribution >= 0.6 is 0 Å². The molecule has 1 aliphatic heterocycles. The van der Waals surface area contributed by atoms with Crippen molar-refractivity contribution >= 4 is 22.3 Å². The van der Waals surface area contributed by atoms with E-state index in [2.05, 4.69) is 110 Å². The molecule has 0 aliphatic carbocycles. The van der Waals surface area contributed by atoms with Gasteiger partial charge >= 0.3 is 0 Å². The fourth-order valence-corrected chi connectivity index (χ4v) is 9.88. The Hall–Kier alpha value is -0.916. The molecule has 0 spiro atoms. The summed E-state index contributed by atoms with van der Waals surface area (Å²) in [5, 5.41) is 3.15. The molecule has 3 nitrogen and oxygen atoms in total. The number of amides is 1. The van der Waals surface area contributed by atoms with Gasteiger partial charge in [0, 0.05) is 11.0 Å². The third kappa shape index (κ3) is 3.43. The molecule has 1 N–H and O–H groups in total. The van der Waals surface area contributed by atoms with Crippen LogP contribution in [0.25, 0.3) is 0 Å². The van der Waals surface area contributed by atoms with Gasteiger partial charge in [-0.1, -0.05) is 91.9 Å². The SMILES string of the molecule is C[C@@H]1C(=O)N[C@H](O[Si](C)(C)C(C)(C)C)[C@@]1(C)[Si](C)(C)C(C)(C)c1ccccc1. The van der Waals surface area contributed by atoms with Crippen molar-refractivity contribution in [1.29, 1.82) is 0 Å². The standard InChI is InChI=1S/C23H41NO2Si2/c1-17-19(25)24-20(26-28(10,11)21(2,3)4)23(17,7)27(8,9)22(5,6)18-15-13-12-14-16-18/h12-17,20H,1-11H3,(H,24,25)/t17-,20-,23+/m1/s1. The van der Waals surface area contributed by atoms with Gasteiger partial charge in [0.15, 0.2) is 8.32 Å². The van der Waals surface area contributed by atoms with Crippen molar-refractivity contribution in [2.24, 2.45) is 5.92 Å². The molecule has 5 heteroatoms. The van der Waals surface area contributed by atoms with Crippen LogP contribution in [0.5, 0.6) is 0 Å². The van der Waals surface area contributed by atoms with Crippen LogP contribution in [0, 0.1) is 5.92 Å². The van der Waals surface area contributed by atoms with Gasteiger partial charge < -0.3 is 9.74 Å². The van der Waals surface area contributed by atoms with E-state index in [0.29, 0.717) is 0 Å². The maximum absolute atomic E-state index is 12.9. The van der Waals surface area contributed by atoms with Gasteiger partial charge in [0.05, 0.1) is 8.07 Å². The molecule has 1 heterocycles. The van der Waals surface area contributed by atoms with E-state index < -0.39 is 16.4 Å². The van der Waals surface area contributed by atoms with Gasteiger partial charge in [-0.15, -0.1) is 0 Å². The average Bonchev–Trinajstić information content (AvgIpc) is 2.79. The van der Waals surface area contributed by atoms with Crippen LogP contribution in [0.15, 0.2) is 30.3 Å². The molecule has 0 unspecified atom stereocenters. The normalized spacial score (nSPS) is 27.0. The number of nitrogens with one attached hydrogen (secondary N) is 1. The third-order valence-corrected chi connectivity index (χ3v) is 20.0. The summed E-state index contributed by atoms with van der Waals surface area (Å²) in [5.41, 5.74) is 1.35. The van der Waals surface area contributed by atoms with Crippen LogP contribution in [0.3, 0.4) is 0 Å². The Balaban J connectivity index is 2.55. The predicted octanol–water partition coefficient (Wildman–Crippen LogP) is 6.09. The first-order valence-corrected chi connectivity index (χ1v) is 16.4. The largest absolute Gasteiger partial charge is 0.397 e. The molecule has 3 atom stereocenters. The van der Waals surface area contributed by atoms with Gasteiger partial charge in [0.25, 0.3) is 0 Å². The first-order valence-electron chi connectivity index (χ1n) is 10.5. The minimum absolute atomic E-state index is 0.00138. The van der Waals surface area contributed by atoms with E-state index in [4.69, 9.17) is 4.43 Å². The van der Waals surface area contributed by atoms with Crippen LogP contribution in [0.2, 0.25) is 36.3 Å². The average molecular weight is 420 g/mol. The molecular formula is C23H41NO2Si2. The molecule has 28 heavy (non-hydrogen) atoms. The Kier molecular flexibility index (Phi) is 5.92.